The number of hydrogen-bond donors (Lipinski definition) is 2. The lowest BCUT2D eigenvalue weighted by atomic mass is 9.92. The summed E-state index contributed by atoms with van der Waals surface area (Å²) in [5.74, 6) is 0.987. The third-order valence-electron chi connectivity index (χ3n) is 3.21. The summed E-state index contributed by atoms with van der Waals surface area (Å²) in [4.78, 5) is 11.9. The Hall–Kier alpha value is -0.320. The first-order valence-corrected chi connectivity index (χ1v) is 7.18. The summed E-state index contributed by atoms with van der Waals surface area (Å²) in [6.45, 7) is 9.64. The second-order valence-electron chi connectivity index (χ2n) is 5.69. The number of carbonyl (C=O) groups excluding carboxylic acids is 1. The molecule has 5 heteroatoms. The molecule has 1 fully saturated rings. The number of carbonyl (C=O) groups is 1. The maximum Gasteiger partial charge on any atom is 0.223 e. The fourth-order valence-electron chi connectivity index (χ4n) is 2.22. The van der Waals surface area contributed by atoms with Crippen molar-refractivity contribution in [2.75, 3.05) is 26.3 Å². The Morgan fingerprint density at radius 2 is 2.21 bits per heavy atom. The summed E-state index contributed by atoms with van der Waals surface area (Å²) in [5.41, 5.74) is 0. The van der Waals surface area contributed by atoms with E-state index in [1.807, 2.05) is 0 Å². The highest BCUT2D eigenvalue weighted by molar-refractivity contribution is 5.85. The molecule has 19 heavy (non-hydrogen) atoms. The minimum absolute atomic E-state index is 0. The van der Waals surface area contributed by atoms with Crippen LogP contribution in [0, 0.1) is 11.8 Å². The van der Waals surface area contributed by atoms with Gasteiger partial charge in [0.25, 0.3) is 0 Å². The van der Waals surface area contributed by atoms with Crippen LogP contribution in [0.25, 0.3) is 0 Å². The van der Waals surface area contributed by atoms with Crippen LogP contribution < -0.4 is 10.6 Å². The lowest BCUT2D eigenvalue weighted by Crippen LogP contribution is -2.42. The molecule has 1 saturated heterocycles. The molecule has 1 aliphatic rings. The highest BCUT2D eigenvalue weighted by Crippen LogP contribution is 2.15. The van der Waals surface area contributed by atoms with Gasteiger partial charge in [-0.3, -0.25) is 4.79 Å². The van der Waals surface area contributed by atoms with Gasteiger partial charge in [-0.15, -0.1) is 12.4 Å². The van der Waals surface area contributed by atoms with Crippen LogP contribution in [0.1, 0.15) is 40.0 Å². The zero-order valence-electron chi connectivity index (χ0n) is 12.4. The number of rotatable bonds is 7. The smallest absolute Gasteiger partial charge is 0.223 e. The van der Waals surface area contributed by atoms with Crippen LogP contribution in [0.3, 0.4) is 0 Å². The fourth-order valence-corrected chi connectivity index (χ4v) is 2.22. The largest absolute Gasteiger partial charge is 0.381 e. The maximum atomic E-state index is 11.9. The molecule has 0 aromatic carbocycles. The molecule has 0 bridgehead atoms. The van der Waals surface area contributed by atoms with Gasteiger partial charge in [0, 0.05) is 31.7 Å². The van der Waals surface area contributed by atoms with E-state index in [4.69, 9.17) is 4.74 Å². The quantitative estimate of drug-likeness (QED) is 0.706. The molecule has 0 aliphatic carbocycles. The third-order valence-corrected chi connectivity index (χ3v) is 3.21. The molecule has 1 aliphatic heterocycles. The number of nitrogens with one attached hydrogen (secondary N) is 2. The zero-order valence-corrected chi connectivity index (χ0v) is 13.2. The summed E-state index contributed by atoms with van der Waals surface area (Å²) >= 11 is 0. The van der Waals surface area contributed by atoms with Crippen LogP contribution in [0.4, 0.5) is 0 Å². The van der Waals surface area contributed by atoms with Gasteiger partial charge < -0.3 is 15.4 Å². The van der Waals surface area contributed by atoms with Crippen LogP contribution >= 0.6 is 12.4 Å². The number of halogens is 1. The normalized spacial score (nSPS) is 22.9. The Bertz CT molecular complexity index is 250. The molecular weight excluding hydrogens is 264 g/mol. The van der Waals surface area contributed by atoms with Crippen molar-refractivity contribution in [3.8, 4) is 0 Å². The Kier molecular flexibility index (Phi) is 10.3. The number of ether oxygens (including phenoxy) is 1. The van der Waals surface area contributed by atoms with Crippen molar-refractivity contribution in [3.05, 3.63) is 0 Å². The molecule has 2 atom stereocenters. The Morgan fingerprint density at radius 1 is 1.47 bits per heavy atom. The molecule has 0 aromatic heterocycles. The zero-order chi connectivity index (χ0) is 13.4. The van der Waals surface area contributed by atoms with Gasteiger partial charge in [0.05, 0.1) is 0 Å². The van der Waals surface area contributed by atoms with Crippen molar-refractivity contribution < 1.29 is 9.53 Å². The topological polar surface area (TPSA) is 50.4 Å². The molecular formula is C14H29ClN2O2. The molecule has 0 unspecified atom stereocenters. The minimum Gasteiger partial charge on any atom is -0.381 e. The lowest BCUT2D eigenvalue weighted by molar-refractivity contribution is -0.126. The van der Waals surface area contributed by atoms with E-state index in [9.17, 15) is 4.79 Å². The van der Waals surface area contributed by atoms with Crippen molar-refractivity contribution in [1.29, 1.82) is 0 Å². The van der Waals surface area contributed by atoms with Crippen LogP contribution in [0.2, 0.25) is 0 Å². The molecule has 2 N–H and O–H groups in total. The van der Waals surface area contributed by atoms with Crippen LogP contribution in [0.5, 0.6) is 0 Å². The van der Waals surface area contributed by atoms with E-state index < -0.39 is 0 Å². The average Bonchev–Trinajstić information content (AvgIpc) is 2.33. The number of piperidine rings is 1. The van der Waals surface area contributed by atoms with Crippen molar-refractivity contribution in [2.45, 2.75) is 46.1 Å². The summed E-state index contributed by atoms with van der Waals surface area (Å²) in [5, 5.41) is 6.38. The fraction of sp³-hybridized carbons (Fsp3) is 0.929. The highest BCUT2D eigenvalue weighted by Gasteiger charge is 2.23. The van der Waals surface area contributed by atoms with Gasteiger partial charge in [0.2, 0.25) is 5.91 Å². The Labute approximate surface area is 123 Å². The second kappa shape index (κ2) is 10.5. The average molecular weight is 293 g/mol. The molecule has 0 spiro atoms. The van der Waals surface area contributed by atoms with Gasteiger partial charge in [-0.05, 0) is 38.6 Å². The van der Waals surface area contributed by atoms with Crippen molar-refractivity contribution in [2.24, 2.45) is 11.8 Å². The van der Waals surface area contributed by atoms with E-state index in [0.717, 1.165) is 45.6 Å². The van der Waals surface area contributed by atoms with E-state index in [-0.39, 0.29) is 24.2 Å². The molecule has 1 amide bonds. The van der Waals surface area contributed by atoms with Gasteiger partial charge in [-0.2, -0.15) is 0 Å². The van der Waals surface area contributed by atoms with E-state index in [1.165, 1.54) is 0 Å². The van der Waals surface area contributed by atoms with E-state index >= 15 is 0 Å². The highest BCUT2D eigenvalue weighted by atomic mass is 35.5. The summed E-state index contributed by atoms with van der Waals surface area (Å²) in [6, 6.07) is 0.462. The van der Waals surface area contributed by atoms with Crippen LogP contribution in [-0.2, 0) is 9.53 Å². The van der Waals surface area contributed by atoms with Crippen molar-refractivity contribution in [3.63, 3.8) is 0 Å². The molecule has 1 rings (SSSR count). The predicted molar refractivity (Wildman–Crippen MR) is 80.7 cm³/mol. The van der Waals surface area contributed by atoms with Crippen LogP contribution in [0.15, 0.2) is 0 Å². The van der Waals surface area contributed by atoms with Crippen molar-refractivity contribution >= 4 is 18.3 Å². The standard InChI is InChI=1S/C14H28N2O2.ClH/c1-11(2)10-18-8-4-6-16-14(17)13-5-7-15-12(3)9-13;/h11-13,15H,4-10H2,1-3H3,(H,16,17);1H/t12-,13-;/m0./s1. The van der Waals surface area contributed by atoms with Gasteiger partial charge in [0.1, 0.15) is 0 Å². The minimum atomic E-state index is 0. The Balaban J connectivity index is 0.00000324. The monoisotopic (exact) mass is 292 g/mol. The number of hydrogen-bond acceptors (Lipinski definition) is 3. The molecule has 4 nitrogen and oxygen atoms in total. The predicted octanol–water partition coefficient (Wildman–Crippen LogP) is 1.98. The summed E-state index contributed by atoms with van der Waals surface area (Å²) in [7, 11) is 0. The van der Waals surface area contributed by atoms with Crippen molar-refractivity contribution in [1.82, 2.24) is 10.6 Å². The van der Waals surface area contributed by atoms with E-state index in [0.29, 0.717) is 12.0 Å². The van der Waals surface area contributed by atoms with Gasteiger partial charge in [-0.25, -0.2) is 0 Å². The maximum absolute atomic E-state index is 11.9. The molecule has 0 radical (unpaired) electrons. The summed E-state index contributed by atoms with van der Waals surface area (Å²) < 4.78 is 5.48. The Morgan fingerprint density at radius 3 is 2.84 bits per heavy atom. The second-order valence-corrected chi connectivity index (χ2v) is 5.69. The van der Waals surface area contributed by atoms with E-state index in [1.54, 1.807) is 0 Å². The third kappa shape index (κ3) is 8.45. The molecule has 0 aromatic rings. The first-order valence-electron chi connectivity index (χ1n) is 7.18. The molecule has 114 valence electrons. The number of amides is 1. The first-order chi connectivity index (χ1) is 8.59. The van der Waals surface area contributed by atoms with Gasteiger partial charge in [-0.1, -0.05) is 13.8 Å². The SMILES string of the molecule is CC(C)COCCCNC(=O)[C@H]1CCN[C@@H](C)C1.Cl. The van der Waals surface area contributed by atoms with Gasteiger partial charge in [0.15, 0.2) is 0 Å². The van der Waals surface area contributed by atoms with Gasteiger partial charge >= 0.3 is 0 Å². The molecule has 0 saturated carbocycles. The van der Waals surface area contributed by atoms with E-state index in [2.05, 4.69) is 31.4 Å². The lowest BCUT2D eigenvalue weighted by Gasteiger charge is -2.27. The van der Waals surface area contributed by atoms with Crippen LogP contribution in [-0.4, -0.2) is 38.3 Å². The first kappa shape index (κ1) is 18.7. The molecule has 1 heterocycles. The summed E-state index contributed by atoms with van der Waals surface area (Å²) in [6.07, 6.45) is 2.81.